The zero-order valence-electron chi connectivity index (χ0n) is 8.53. The fourth-order valence-corrected chi connectivity index (χ4v) is 0.984. The van der Waals surface area contributed by atoms with E-state index in [1.807, 2.05) is 30.3 Å². The van der Waals surface area contributed by atoms with Gasteiger partial charge < -0.3 is 16.0 Å². The van der Waals surface area contributed by atoms with E-state index in [-0.39, 0.29) is 6.42 Å². The lowest BCUT2D eigenvalue weighted by Crippen LogP contribution is -2.19. The van der Waals surface area contributed by atoms with Crippen molar-refractivity contribution in [2.24, 2.45) is 0 Å². The molecule has 1 rings (SSSR count). The number of rotatable bonds is 5. The molecular weight excluding hydrogens is 192 g/mol. The van der Waals surface area contributed by atoms with Crippen LogP contribution in [0.2, 0.25) is 0 Å². The van der Waals surface area contributed by atoms with Crippen LogP contribution in [0.4, 0.5) is 5.69 Å². The van der Waals surface area contributed by atoms with Gasteiger partial charge in [-0.05, 0) is 19.1 Å². The smallest absolute Gasteiger partial charge is 0.307 e. The predicted molar refractivity (Wildman–Crippen MR) is 59.2 cm³/mol. The van der Waals surface area contributed by atoms with Crippen LogP contribution in [0.1, 0.15) is 13.3 Å². The zero-order chi connectivity index (χ0) is 11.1. The van der Waals surface area contributed by atoms with E-state index >= 15 is 0 Å². The van der Waals surface area contributed by atoms with Gasteiger partial charge in [0.15, 0.2) is 0 Å². The van der Waals surface area contributed by atoms with Crippen molar-refractivity contribution in [1.82, 2.24) is 5.43 Å². The fraction of sp³-hybridized carbons (Fsp3) is 0.182. The minimum atomic E-state index is -0.837. The molecule has 0 amide bonds. The highest BCUT2D eigenvalue weighted by atomic mass is 16.4. The van der Waals surface area contributed by atoms with Gasteiger partial charge in [0.2, 0.25) is 0 Å². The second kappa shape index (κ2) is 5.70. The van der Waals surface area contributed by atoms with Crippen molar-refractivity contribution in [3.63, 3.8) is 0 Å². The molecule has 0 fully saturated rings. The molecule has 1 aromatic rings. The summed E-state index contributed by atoms with van der Waals surface area (Å²) in [6.45, 7) is 1.80. The number of anilines is 1. The highest BCUT2D eigenvalue weighted by Gasteiger charge is 1.93. The highest BCUT2D eigenvalue weighted by Crippen LogP contribution is 2.03. The van der Waals surface area contributed by atoms with E-state index in [2.05, 4.69) is 10.9 Å². The summed E-state index contributed by atoms with van der Waals surface area (Å²) < 4.78 is 0. The molecule has 0 atom stereocenters. The Kier molecular flexibility index (Phi) is 4.22. The lowest BCUT2D eigenvalue weighted by molar-refractivity contribution is -0.136. The van der Waals surface area contributed by atoms with Crippen LogP contribution in [0.15, 0.2) is 42.1 Å². The molecule has 3 N–H and O–H groups in total. The third-order valence-electron chi connectivity index (χ3n) is 1.76. The van der Waals surface area contributed by atoms with Crippen LogP contribution in [0, 0.1) is 0 Å². The Morgan fingerprint density at radius 3 is 2.67 bits per heavy atom. The average molecular weight is 206 g/mol. The maximum Gasteiger partial charge on any atom is 0.307 e. The molecule has 0 saturated heterocycles. The molecule has 0 aromatic heterocycles. The van der Waals surface area contributed by atoms with Crippen LogP contribution in [-0.4, -0.2) is 11.1 Å². The number of benzene rings is 1. The van der Waals surface area contributed by atoms with E-state index in [1.54, 1.807) is 13.0 Å². The Balaban J connectivity index is 2.37. The normalized spacial score (nSPS) is 10.9. The van der Waals surface area contributed by atoms with Gasteiger partial charge in [0, 0.05) is 5.70 Å². The predicted octanol–water partition coefficient (Wildman–Crippen LogP) is 1.98. The van der Waals surface area contributed by atoms with Gasteiger partial charge in [-0.2, -0.15) is 0 Å². The second-order valence-corrected chi connectivity index (χ2v) is 3.10. The van der Waals surface area contributed by atoms with Crippen LogP contribution in [0.3, 0.4) is 0 Å². The first kappa shape index (κ1) is 11.1. The molecule has 0 heterocycles. The van der Waals surface area contributed by atoms with E-state index in [0.29, 0.717) is 0 Å². The van der Waals surface area contributed by atoms with Crippen LogP contribution in [0.5, 0.6) is 0 Å². The third-order valence-corrected chi connectivity index (χ3v) is 1.76. The van der Waals surface area contributed by atoms with Crippen LogP contribution in [-0.2, 0) is 4.79 Å². The number of carbonyl (C=O) groups is 1. The summed E-state index contributed by atoms with van der Waals surface area (Å²) in [7, 11) is 0. The van der Waals surface area contributed by atoms with Gasteiger partial charge in [-0.15, -0.1) is 0 Å². The van der Waals surface area contributed by atoms with Gasteiger partial charge in [0.1, 0.15) is 0 Å². The number of allylic oxidation sites excluding steroid dienone is 1. The molecule has 0 aliphatic rings. The molecule has 0 aliphatic carbocycles. The summed E-state index contributed by atoms with van der Waals surface area (Å²) in [5, 5.41) is 8.45. The van der Waals surface area contributed by atoms with E-state index in [9.17, 15) is 4.79 Å². The molecule has 0 saturated carbocycles. The number of nitrogens with one attached hydrogen (secondary N) is 2. The van der Waals surface area contributed by atoms with Gasteiger partial charge in [-0.3, -0.25) is 4.79 Å². The lowest BCUT2D eigenvalue weighted by atomic mass is 10.3. The van der Waals surface area contributed by atoms with Crippen molar-refractivity contribution in [3.8, 4) is 0 Å². The van der Waals surface area contributed by atoms with Gasteiger partial charge >= 0.3 is 5.97 Å². The molecule has 80 valence electrons. The summed E-state index contributed by atoms with van der Waals surface area (Å²) in [5.74, 6) is -0.837. The van der Waals surface area contributed by atoms with Gasteiger partial charge in [0.25, 0.3) is 0 Å². The van der Waals surface area contributed by atoms with Gasteiger partial charge in [0.05, 0.1) is 12.1 Å². The summed E-state index contributed by atoms with van der Waals surface area (Å²) in [6.07, 6.45) is 1.63. The largest absolute Gasteiger partial charge is 0.481 e. The SMILES string of the molecule is C/C(=C\CC(=O)O)NNc1ccccc1. The van der Waals surface area contributed by atoms with Gasteiger partial charge in [-0.25, -0.2) is 0 Å². The highest BCUT2D eigenvalue weighted by molar-refractivity contribution is 5.68. The number of aliphatic carboxylic acids is 1. The maximum atomic E-state index is 10.3. The van der Waals surface area contributed by atoms with Crippen molar-refractivity contribution < 1.29 is 9.90 Å². The number of carboxylic acids is 1. The van der Waals surface area contributed by atoms with Crippen molar-refractivity contribution in [2.45, 2.75) is 13.3 Å². The lowest BCUT2D eigenvalue weighted by Gasteiger charge is -2.09. The molecule has 0 radical (unpaired) electrons. The topological polar surface area (TPSA) is 61.4 Å². The molecule has 0 aliphatic heterocycles. The van der Waals surface area contributed by atoms with E-state index in [1.165, 1.54) is 0 Å². The van der Waals surface area contributed by atoms with Crippen LogP contribution in [0.25, 0.3) is 0 Å². The zero-order valence-corrected chi connectivity index (χ0v) is 8.53. The van der Waals surface area contributed by atoms with Crippen molar-refractivity contribution >= 4 is 11.7 Å². The minimum absolute atomic E-state index is 0.0231. The first-order valence-corrected chi connectivity index (χ1v) is 4.64. The molecule has 0 spiro atoms. The second-order valence-electron chi connectivity index (χ2n) is 3.10. The van der Waals surface area contributed by atoms with E-state index < -0.39 is 5.97 Å². The number of carboxylic acid groups (broad SMARTS) is 1. The standard InChI is InChI=1S/C11H14N2O2/c1-9(7-8-11(14)15)12-13-10-5-3-2-4-6-10/h2-7,12-13H,8H2,1H3,(H,14,15)/b9-7+. The number of para-hydroxylation sites is 1. The quantitative estimate of drug-likeness (QED) is 0.645. The van der Waals surface area contributed by atoms with Crippen molar-refractivity contribution in [3.05, 3.63) is 42.1 Å². The Morgan fingerprint density at radius 2 is 2.07 bits per heavy atom. The Hall–Kier alpha value is -1.97. The fourth-order valence-electron chi connectivity index (χ4n) is 0.984. The first-order chi connectivity index (χ1) is 7.18. The third kappa shape index (κ3) is 4.71. The Bertz CT molecular complexity index is 347. The molecule has 0 bridgehead atoms. The summed E-state index contributed by atoms with van der Waals surface area (Å²) >= 11 is 0. The molecule has 4 heteroatoms. The first-order valence-electron chi connectivity index (χ1n) is 4.64. The molecule has 1 aromatic carbocycles. The average Bonchev–Trinajstić information content (AvgIpc) is 2.25. The van der Waals surface area contributed by atoms with E-state index in [4.69, 9.17) is 5.11 Å². The van der Waals surface area contributed by atoms with Crippen molar-refractivity contribution in [2.75, 3.05) is 5.43 Å². The summed E-state index contributed by atoms with van der Waals surface area (Å²) in [5.41, 5.74) is 7.57. The molecule has 15 heavy (non-hydrogen) atoms. The minimum Gasteiger partial charge on any atom is -0.481 e. The number of hydrogen-bond donors (Lipinski definition) is 3. The summed E-state index contributed by atoms with van der Waals surface area (Å²) in [6, 6.07) is 9.59. The summed E-state index contributed by atoms with van der Waals surface area (Å²) in [4.78, 5) is 10.3. The molecular formula is C11H14N2O2. The Labute approximate surface area is 88.6 Å². The van der Waals surface area contributed by atoms with E-state index in [0.717, 1.165) is 11.4 Å². The Morgan fingerprint density at radius 1 is 1.40 bits per heavy atom. The molecule has 4 nitrogen and oxygen atoms in total. The van der Waals surface area contributed by atoms with Gasteiger partial charge in [-0.1, -0.05) is 24.3 Å². The monoisotopic (exact) mass is 206 g/mol. The molecule has 0 unspecified atom stereocenters. The number of hydrazine groups is 1. The van der Waals surface area contributed by atoms with Crippen LogP contribution < -0.4 is 10.9 Å². The van der Waals surface area contributed by atoms with Crippen molar-refractivity contribution in [1.29, 1.82) is 0 Å². The maximum absolute atomic E-state index is 10.3. The van der Waals surface area contributed by atoms with Crippen LogP contribution >= 0.6 is 0 Å². The number of hydrogen-bond acceptors (Lipinski definition) is 3.